The molecule has 31 heavy (non-hydrogen) atoms. The predicted octanol–water partition coefficient (Wildman–Crippen LogP) is 2.71. The number of aliphatic hydroxyl groups excluding tert-OH is 1. The summed E-state index contributed by atoms with van der Waals surface area (Å²) in [7, 11) is -3.26. The van der Waals surface area contributed by atoms with E-state index in [1.54, 1.807) is 24.3 Å². The molecular formula is C23H34N4O3S. The van der Waals surface area contributed by atoms with Crippen LogP contribution in [0.2, 0.25) is 0 Å². The Morgan fingerprint density at radius 3 is 2.26 bits per heavy atom. The Hall–Kier alpha value is -2.42. The Morgan fingerprint density at radius 2 is 1.68 bits per heavy atom. The first-order valence-electron chi connectivity index (χ1n) is 10.6. The van der Waals surface area contributed by atoms with Crippen LogP contribution in [0.3, 0.4) is 0 Å². The van der Waals surface area contributed by atoms with Crippen molar-refractivity contribution in [3.05, 3.63) is 59.7 Å². The number of anilines is 1. The molecule has 6 N–H and O–H groups in total. The normalized spacial score (nSPS) is 12.6. The number of benzene rings is 2. The third kappa shape index (κ3) is 8.32. The number of rotatable bonds is 13. The lowest BCUT2D eigenvalue weighted by atomic mass is 10.0. The van der Waals surface area contributed by atoms with Crippen LogP contribution < -0.4 is 16.4 Å². The highest BCUT2D eigenvalue weighted by atomic mass is 32.2. The van der Waals surface area contributed by atoms with Crippen molar-refractivity contribution in [3.63, 3.8) is 0 Å². The molecule has 0 aliphatic heterocycles. The van der Waals surface area contributed by atoms with Crippen LogP contribution in [0.15, 0.2) is 53.4 Å². The quantitative estimate of drug-likeness (QED) is 0.183. The first kappa shape index (κ1) is 24.8. The number of nitrogen functional groups attached to an aromatic ring is 1. The van der Waals surface area contributed by atoms with Gasteiger partial charge in [-0.15, -0.1) is 0 Å². The molecule has 0 saturated heterocycles. The van der Waals surface area contributed by atoms with Gasteiger partial charge in [0, 0.05) is 24.3 Å². The lowest BCUT2D eigenvalue weighted by Gasteiger charge is -2.14. The summed E-state index contributed by atoms with van der Waals surface area (Å²) < 4.78 is 24.9. The minimum absolute atomic E-state index is 0.0209. The number of amidine groups is 1. The van der Waals surface area contributed by atoms with Gasteiger partial charge in [0.15, 0.2) is 9.84 Å². The van der Waals surface area contributed by atoms with Crippen LogP contribution >= 0.6 is 0 Å². The summed E-state index contributed by atoms with van der Waals surface area (Å²) in [5.41, 5.74) is 8.05. The van der Waals surface area contributed by atoms with Crippen molar-refractivity contribution < 1.29 is 13.5 Å². The highest BCUT2D eigenvalue weighted by Crippen LogP contribution is 2.18. The molecule has 1 unspecified atom stereocenters. The molecule has 0 bridgehead atoms. The van der Waals surface area contributed by atoms with Crippen molar-refractivity contribution in [1.82, 2.24) is 5.32 Å². The number of aliphatic hydroxyl groups is 1. The van der Waals surface area contributed by atoms with Gasteiger partial charge in [-0.1, -0.05) is 26.0 Å². The molecule has 170 valence electrons. The molecule has 8 heteroatoms. The highest BCUT2D eigenvalue weighted by molar-refractivity contribution is 7.91. The van der Waals surface area contributed by atoms with E-state index in [1.807, 2.05) is 24.3 Å². The van der Waals surface area contributed by atoms with E-state index in [9.17, 15) is 13.5 Å². The molecule has 0 aliphatic carbocycles. The van der Waals surface area contributed by atoms with Gasteiger partial charge in [-0.25, -0.2) is 8.42 Å². The van der Waals surface area contributed by atoms with E-state index in [-0.39, 0.29) is 11.6 Å². The maximum absolute atomic E-state index is 12.4. The number of nitrogens with one attached hydrogen (secondary N) is 3. The molecule has 0 heterocycles. The summed E-state index contributed by atoms with van der Waals surface area (Å²) in [4.78, 5) is 0.377. The van der Waals surface area contributed by atoms with Crippen LogP contribution in [0.5, 0.6) is 0 Å². The lowest BCUT2D eigenvalue weighted by molar-refractivity contribution is 0.184. The average Bonchev–Trinajstić information content (AvgIpc) is 2.75. The predicted molar refractivity (Wildman–Crippen MR) is 127 cm³/mol. The number of nitrogens with two attached hydrogens (primary N) is 1. The van der Waals surface area contributed by atoms with E-state index in [4.69, 9.17) is 11.1 Å². The second kappa shape index (κ2) is 11.8. The highest BCUT2D eigenvalue weighted by Gasteiger charge is 2.14. The summed E-state index contributed by atoms with van der Waals surface area (Å²) in [5.74, 6) is 0.518. The van der Waals surface area contributed by atoms with Gasteiger partial charge in [-0.2, -0.15) is 0 Å². The van der Waals surface area contributed by atoms with E-state index in [1.165, 1.54) is 0 Å². The lowest BCUT2D eigenvalue weighted by Crippen LogP contribution is -2.32. The van der Waals surface area contributed by atoms with Gasteiger partial charge in [0.05, 0.1) is 16.8 Å². The number of hydrogen-bond donors (Lipinski definition) is 5. The minimum Gasteiger partial charge on any atom is -0.390 e. The molecule has 0 amide bonds. The third-order valence-corrected chi connectivity index (χ3v) is 6.86. The first-order valence-corrected chi connectivity index (χ1v) is 12.2. The van der Waals surface area contributed by atoms with E-state index < -0.39 is 15.9 Å². The van der Waals surface area contributed by atoms with Crippen molar-refractivity contribution in [2.24, 2.45) is 5.73 Å². The van der Waals surface area contributed by atoms with Crippen LogP contribution in [0, 0.1) is 5.41 Å². The van der Waals surface area contributed by atoms with Gasteiger partial charge in [0.25, 0.3) is 0 Å². The van der Waals surface area contributed by atoms with Crippen LogP contribution in [0.1, 0.15) is 43.7 Å². The SMILES string of the molecule is CC(C)c1ccc(S(=O)(=O)CCCCNCC(O)CNc2ccc(C(=N)N)cc2)cc1. The number of hydrogen-bond acceptors (Lipinski definition) is 6. The Labute approximate surface area is 185 Å². The van der Waals surface area contributed by atoms with Gasteiger partial charge >= 0.3 is 0 Å². The fourth-order valence-corrected chi connectivity index (χ4v) is 4.43. The molecule has 2 rings (SSSR count). The van der Waals surface area contributed by atoms with Crippen molar-refractivity contribution >= 4 is 21.4 Å². The maximum Gasteiger partial charge on any atom is 0.178 e. The standard InChI is InChI=1S/C23H34N4O3S/c1-17(2)18-7-11-22(12-8-18)31(29,30)14-4-3-13-26-15-21(28)16-27-20-9-5-19(6-10-20)23(24)25/h5-12,17,21,26-28H,3-4,13-16H2,1-2H3,(H3,24,25). The van der Waals surface area contributed by atoms with Crippen LogP contribution in [0.4, 0.5) is 5.69 Å². The second-order valence-electron chi connectivity index (χ2n) is 7.98. The molecule has 0 spiro atoms. The third-order valence-electron chi connectivity index (χ3n) is 5.04. The Balaban J connectivity index is 1.62. The molecule has 2 aromatic carbocycles. The molecule has 0 radical (unpaired) electrons. The molecule has 2 aromatic rings. The number of unbranched alkanes of at least 4 members (excludes halogenated alkanes) is 1. The summed E-state index contributed by atoms with van der Waals surface area (Å²) in [6.07, 6.45) is 0.712. The van der Waals surface area contributed by atoms with Gasteiger partial charge in [-0.3, -0.25) is 5.41 Å². The van der Waals surface area contributed by atoms with Gasteiger partial charge in [0.1, 0.15) is 5.84 Å². The zero-order valence-corrected chi connectivity index (χ0v) is 19.1. The second-order valence-corrected chi connectivity index (χ2v) is 10.1. The largest absolute Gasteiger partial charge is 0.390 e. The van der Waals surface area contributed by atoms with Gasteiger partial charge in [-0.05, 0) is 67.3 Å². The Bertz CT molecular complexity index is 926. The van der Waals surface area contributed by atoms with Crippen molar-refractivity contribution in [2.75, 3.05) is 30.7 Å². The van der Waals surface area contributed by atoms with Gasteiger partial charge < -0.3 is 21.5 Å². The van der Waals surface area contributed by atoms with E-state index in [0.717, 1.165) is 17.7 Å². The summed E-state index contributed by atoms with van der Waals surface area (Å²) in [5, 5.41) is 23.7. The molecule has 0 aliphatic rings. The average molecular weight is 447 g/mol. The maximum atomic E-state index is 12.4. The molecule has 1 atom stereocenters. The monoisotopic (exact) mass is 446 g/mol. The Kier molecular flexibility index (Phi) is 9.48. The van der Waals surface area contributed by atoms with E-state index in [2.05, 4.69) is 24.5 Å². The zero-order valence-electron chi connectivity index (χ0n) is 18.3. The zero-order chi connectivity index (χ0) is 22.9. The molecule has 0 fully saturated rings. The Morgan fingerprint density at radius 1 is 1.03 bits per heavy atom. The van der Waals surface area contributed by atoms with Crippen LogP contribution in [0.25, 0.3) is 0 Å². The number of sulfone groups is 1. The van der Waals surface area contributed by atoms with Crippen LogP contribution in [-0.2, 0) is 9.84 Å². The van der Waals surface area contributed by atoms with Crippen molar-refractivity contribution in [1.29, 1.82) is 5.41 Å². The van der Waals surface area contributed by atoms with E-state index in [0.29, 0.717) is 42.4 Å². The van der Waals surface area contributed by atoms with Crippen molar-refractivity contribution in [2.45, 2.75) is 43.6 Å². The smallest absolute Gasteiger partial charge is 0.178 e. The topological polar surface area (TPSA) is 128 Å². The fourth-order valence-electron chi connectivity index (χ4n) is 3.06. The van der Waals surface area contributed by atoms with E-state index >= 15 is 0 Å². The summed E-state index contributed by atoms with van der Waals surface area (Å²) in [6, 6.07) is 14.3. The van der Waals surface area contributed by atoms with Gasteiger partial charge in [0.2, 0.25) is 0 Å². The molecule has 0 saturated carbocycles. The molecular weight excluding hydrogens is 412 g/mol. The minimum atomic E-state index is -3.26. The first-order chi connectivity index (χ1) is 14.7. The fraction of sp³-hybridized carbons (Fsp3) is 0.435. The van der Waals surface area contributed by atoms with Crippen LogP contribution in [-0.4, -0.2) is 50.9 Å². The summed E-state index contributed by atoms with van der Waals surface area (Å²) >= 11 is 0. The summed E-state index contributed by atoms with van der Waals surface area (Å²) in [6.45, 7) is 5.61. The van der Waals surface area contributed by atoms with Crippen molar-refractivity contribution in [3.8, 4) is 0 Å². The molecule has 0 aromatic heterocycles. The molecule has 7 nitrogen and oxygen atoms in total.